The molecule has 0 bridgehead atoms. The van der Waals surface area contributed by atoms with Gasteiger partial charge in [-0.25, -0.2) is 14.4 Å². The van der Waals surface area contributed by atoms with Gasteiger partial charge in [-0.2, -0.15) is 0 Å². The third-order valence-corrected chi connectivity index (χ3v) is 3.82. The van der Waals surface area contributed by atoms with Gasteiger partial charge in [-0.05, 0) is 30.2 Å². The van der Waals surface area contributed by atoms with Gasteiger partial charge in [0.1, 0.15) is 5.70 Å². The zero-order chi connectivity index (χ0) is 20.7. The summed E-state index contributed by atoms with van der Waals surface area (Å²) < 4.78 is 15.0. The van der Waals surface area contributed by atoms with Crippen LogP contribution in [-0.4, -0.2) is 38.7 Å². The van der Waals surface area contributed by atoms with Crippen molar-refractivity contribution in [1.29, 1.82) is 0 Å². The Morgan fingerprint density at radius 2 is 1.64 bits per heavy atom. The molecule has 2 rings (SSSR count). The van der Waals surface area contributed by atoms with Gasteiger partial charge in [0.15, 0.2) is 0 Å². The fourth-order valence-electron chi connectivity index (χ4n) is 2.53. The zero-order valence-corrected chi connectivity index (χ0v) is 16.3. The van der Waals surface area contributed by atoms with Crippen LogP contribution < -0.4 is 4.90 Å². The number of hydrogen-bond acceptors (Lipinski definition) is 7. The van der Waals surface area contributed by atoms with Crippen LogP contribution in [-0.2, 0) is 23.8 Å². The molecule has 0 unspecified atom stereocenters. The standard InChI is InChI=1S/C21H23NO6/c1-14(2)13-28-20(24)15-9-5-6-11-17(15)22-12-8-7-10-16(19(23)26-3)18(22)21(25)27-4/h5-12,14H,13H2,1-4H3. The Labute approximate surface area is 163 Å². The van der Waals surface area contributed by atoms with Crippen molar-refractivity contribution in [2.45, 2.75) is 13.8 Å². The zero-order valence-electron chi connectivity index (χ0n) is 16.3. The molecule has 0 radical (unpaired) electrons. The van der Waals surface area contributed by atoms with Crippen LogP contribution >= 0.6 is 0 Å². The average Bonchev–Trinajstić information content (AvgIpc) is 2.93. The van der Waals surface area contributed by atoms with Gasteiger partial charge in [-0.15, -0.1) is 0 Å². The lowest BCUT2D eigenvalue weighted by atomic mass is 10.1. The first-order valence-corrected chi connectivity index (χ1v) is 8.71. The molecule has 148 valence electrons. The lowest BCUT2D eigenvalue weighted by Gasteiger charge is -2.25. The predicted octanol–water partition coefficient (Wildman–Crippen LogP) is 2.99. The van der Waals surface area contributed by atoms with Gasteiger partial charge in [-0.3, -0.25) is 0 Å². The van der Waals surface area contributed by atoms with E-state index >= 15 is 0 Å². The van der Waals surface area contributed by atoms with Crippen molar-refractivity contribution in [3.8, 4) is 0 Å². The SMILES string of the molecule is COC(=O)C1=C(C(=O)OC)N(c2ccccc2C(=O)OCC(C)C)C=CC=C1. The Morgan fingerprint density at radius 1 is 0.964 bits per heavy atom. The molecule has 7 nitrogen and oxygen atoms in total. The van der Waals surface area contributed by atoms with Crippen LogP contribution in [0.1, 0.15) is 24.2 Å². The van der Waals surface area contributed by atoms with Crippen LogP contribution in [0.2, 0.25) is 0 Å². The van der Waals surface area contributed by atoms with Crippen LogP contribution in [0.3, 0.4) is 0 Å². The molecule has 0 atom stereocenters. The number of benzene rings is 1. The third-order valence-electron chi connectivity index (χ3n) is 3.82. The second kappa shape index (κ2) is 9.55. The fourth-order valence-corrected chi connectivity index (χ4v) is 2.53. The number of rotatable bonds is 6. The first-order chi connectivity index (χ1) is 13.4. The number of para-hydroxylation sites is 1. The summed E-state index contributed by atoms with van der Waals surface area (Å²) >= 11 is 0. The van der Waals surface area contributed by atoms with Crippen molar-refractivity contribution in [3.05, 3.63) is 65.5 Å². The van der Waals surface area contributed by atoms with Crippen LogP contribution in [0.4, 0.5) is 5.69 Å². The quantitative estimate of drug-likeness (QED) is 0.550. The number of carbonyl (C=O) groups excluding carboxylic acids is 3. The van der Waals surface area contributed by atoms with Crippen molar-refractivity contribution in [2.24, 2.45) is 5.92 Å². The maximum atomic E-state index is 12.6. The number of carbonyl (C=O) groups is 3. The minimum atomic E-state index is -0.748. The Hall–Kier alpha value is -3.35. The summed E-state index contributed by atoms with van der Waals surface area (Å²) in [5, 5.41) is 0. The predicted molar refractivity (Wildman–Crippen MR) is 103 cm³/mol. The van der Waals surface area contributed by atoms with Gasteiger partial charge < -0.3 is 19.1 Å². The number of ether oxygens (including phenoxy) is 3. The smallest absolute Gasteiger partial charge is 0.355 e. The molecule has 0 aliphatic carbocycles. The van der Waals surface area contributed by atoms with E-state index in [0.29, 0.717) is 5.69 Å². The number of hydrogen-bond donors (Lipinski definition) is 0. The van der Waals surface area contributed by atoms with E-state index in [9.17, 15) is 14.4 Å². The molecule has 0 N–H and O–H groups in total. The Kier molecular flexibility index (Phi) is 7.14. The number of nitrogens with zero attached hydrogens (tertiary/aromatic N) is 1. The van der Waals surface area contributed by atoms with Crippen LogP contribution in [0.15, 0.2) is 60.0 Å². The molecule has 28 heavy (non-hydrogen) atoms. The van der Waals surface area contributed by atoms with Crippen molar-refractivity contribution < 1.29 is 28.6 Å². The Bertz CT molecular complexity index is 850. The highest BCUT2D eigenvalue weighted by atomic mass is 16.5. The van der Waals surface area contributed by atoms with E-state index in [1.165, 1.54) is 25.2 Å². The summed E-state index contributed by atoms with van der Waals surface area (Å²) in [7, 11) is 2.43. The molecule has 1 aliphatic heterocycles. The molecule has 0 aromatic heterocycles. The second-order valence-electron chi connectivity index (χ2n) is 6.33. The van der Waals surface area contributed by atoms with Crippen LogP contribution in [0, 0.1) is 5.92 Å². The third kappa shape index (κ3) is 4.68. The molecule has 1 aromatic rings. The lowest BCUT2D eigenvalue weighted by Crippen LogP contribution is -2.28. The van der Waals surface area contributed by atoms with E-state index in [1.807, 2.05) is 13.8 Å². The van der Waals surface area contributed by atoms with E-state index < -0.39 is 17.9 Å². The van der Waals surface area contributed by atoms with E-state index in [1.54, 1.807) is 42.6 Å². The molecule has 1 aromatic carbocycles. The number of allylic oxidation sites excluding steroid dienone is 2. The largest absolute Gasteiger partial charge is 0.465 e. The molecule has 0 saturated heterocycles. The van der Waals surface area contributed by atoms with Gasteiger partial charge in [-0.1, -0.05) is 32.1 Å². The summed E-state index contributed by atoms with van der Waals surface area (Å²) in [6.07, 6.45) is 6.24. The second-order valence-corrected chi connectivity index (χ2v) is 6.33. The van der Waals surface area contributed by atoms with Gasteiger partial charge in [0.25, 0.3) is 0 Å². The van der Waals surface area contributed by atoms with E-state index in [2.05, 4.69) is 0 Å². The minimum absolute atomic E-state index is 0.00435. The highest BCUT2D eigenvalue weighted by molar-refractivity contribution is 6.07. The summed E-state index contributed by atoms with van der Waals surface area (Å²) in [5.41, 5.74) is 0.562. The highest BCUT2D eigenvalue weighted by Gasteiger charge is 2.29. The van der Waals surface area contributed by atoms with E-state index in [0.717, 1.165) is 0 Å². The van der Waals surface area contributed by atoms with Crippen molar-refractivity contribution >= 4 is 23.6 Å². The summed E-state index contributed by atoms with van der Waals surface area (Å²) in [6.45, 7) is 4.13. The monoisotopic (exact) mass is 385 g/mol. The van der Waals surface area contributed by atoms with Crippen molar-refractivity contribution in [2.75, 3.05) is 25.7 Å². The molecular formula is C21H23NO6. The molecule has 0 fully saturated rings. The molecule has 7 heteroatoms. The number of esters is 3. The Morgan fingerprint density at radius 3 is 2.29 bits per heavy atom. The van der Waals surface area contributed by atoms with Gasteiger partial charge in [0, 0.05) is 6.20 Å². The molecule has 1 aliphatic rings. The number of anilines is 1. The van der Waals surface area contributed by atoms with Crippen molar-refractivity contribution in [1.82, 2.24) is 0 Å². The lowest BCUT2D eigenvalue weighted by molar-refractivity contribution is -0.139. The highest BCUT2D eigenvalue weighted by Crippen LogP contribution is 2.29. The van der Waals surface area contributed by atoms with Gasteiger partial charge in [0.2, 0.25) is 0 Å². The fraction of sp³-hybridized carbons (Fsp3) is 0.286. The molecule has 0 saturated carbocycles. The van der Waals surface area contributed by atoms with Gasteiger partial charge in [0.05, 0.1) is 37.7 Å². The minimum Gasteiger partial charge on any atom is -0.465 e. The maximum absolute atomic E-state index is 12.6. The summed E-state index contributed by atoms with van der Waals surface area (Å²) in [4.78, 5) is 38.8. The topological polar surface area (TPSA) is 82.1 Å². The molecular weight excluding hydrogens is 362 g/mol. The normalized spacial score (nSPS) is 13.4. The first-order valence-electron chi connectivity index (χ1n) is 8.71. The molecule has 0 amide bonds. The maximum Gasteiger partial charge on any atom is 0.355 e. The van der Waals surface area contributed by atoms with Crippen LogP contribution in [0.25, 0.3) is 0 Å². The van der Waals surface area contributed by atoms with Gasteiger partial charge >= 0.3 is 17.9 Å². The van der Waals surface area contributed by atoms with Crippen molar-refractivity contribution in [3.63, 3.8) is 0 Å². The van der Waals surface area contributed by atoms with E-state index in [-0.39, 0.29) is 29.4 Å². The first kappa shape index (κ1) is 21.0. The summed E-state index contributed by atoms with van der Waals surface area (Å²) in [6, 6.07) is 6.65. The van der Waals surface area contributed by atoms with E-state index in [4.69, 9.17) is 14.2 Å². The average molecular weight is 385 g/mol. The number of methoxy groups -OCH3 is 2. The summed E-state index contributed by atoms with van der Waals surface area (Å²) in [5.74, 6) is -1.80. The Balaban J connectivity index is 2.60. The molecule has 0 spiro atoms. The molecule has 1 heterocycles. The van der Waals surface area contributed by atoms with Crippen LogP contribution in [0.5, 0.6) is 0 Å².